The van der Waals surface area contributed by atoms with Gasteiger partial charge in [0.25, 0.3) is 5.91 Å². The van der Waals surface area contributed by atoms with Crippen molar-refractivity contribution in [3.05, 3.63) is 59.9 Å². The maximum Gasteiger partial charge on any atom is 0.269 e. The number of amides is 1. The summed E-state index contributed by atoms with van der Waals surface area (Å²) in [5, 5.41) is 2.91. The maximum absolute atomic E-state index is 12.3. The second-order valence-corrected chi connectivity index (χ2v) is 6.67. The van der Waals surface area contributed by atoms with Crippen molar-refractivity contribution in [1.29, 1.82) is 0 Å². The van der Waals surface area contributed by atoms with Gasteiger partial charge in [0.1, 0.15) is 5.69 Å². The number of hydrogen-bond acceptors (Lipinski definition) is 4. The molecular weight excluding hydrogens is 312 g/mol. The molecule has 134 valence electrons. The first-order valence-electron chi connectivity index (χ1n) is 8.67. The van der Waals surface area contributed by atoms with E-state index in [4.69, 9.17) is 0 Å². The lowest BCUT2D eigenvalue weighted by molar-refractivity contribution is 0.0946. The molecule has 0 saturated heterocycles. The Kier molecular flexibility index (Phi) is 6.95. The van der Waals surface area contributed by atoms with Crippen molar-refractivity contribution in [3.63, 3.8) is 0 Å². The third-order valence-electron chi connectivity index (χ3n) is 3.97. The molecule has 0 aliphatic heterocycles. The molecule has 1 heterocycles. The number of carbonyl (C=O) groups excluding carboxylic acids is 1. The van der Waals surface area contributed by atoms with E-state index in [2.05, 4.69) is 41.2 Å². The Bertz CT molecular complexity index is 670. The van der Waals surface area contributed by atoms with Crippen LogP contribution in [-0.2, 0) is 6.54 Å². The van der Waals surface area contributed by atoms with Crippen LogP contribution in [0.5, 0.6) is 0 Å². The summed E-state index contributed by atoms with van der Waals surface area (Å²) in [4.78, 5) is 20.9. The number of carbonyl (C=O) groups is 1. The number of rotatable bonds is 8. The van der Waals surface area contributed by atoms with Gasteiger partial charge in [0.15, 0.2) is 0 Å². The Labute approximate surface area is 150 Å². The molecule has 5 heteroatoms. The second kappa shape index (κ2) is 9.18. The van der Waals surface area contributed by atoms with Crippen LogP contribution < -0.4 is 10.2 Å². The number of nitrogens with zero attached hydrogens (tertiary/aromatic N) is 3. The zero-order valence-electron chi connectivity index (χ0n) is 15.6. The van der Waals surface area contributed by atoms with E-state index in [1.54, 1.807) is 6.20 Å². The largest absolute Gasteiger partial charge is 0.365 e. The Morgan fingerprint density at radius 3 is 2.52 bits per heavy atom. The van der Waals surface area contributed by atoms with Gasteiger partial charge in [-0.05, 0) is 45.6 Å². The van der Waals surface area contributed by atoms with E-state index in [0.717, 1.165) is 18.8 Å². The minimum atomic E-state index is -0.132. The van der Waals surface area contributed by atoms with E-state index in [1.165, 1.54) is 5.56 Å². The summed E-state index contributed by atoms with van der Waals surface area (Å²) in [6.45, 7) is 6.51. The number of aromatic nitrogens is 1. The average Bonchev–Trinajstić information content (AvgIpc) is 2.60. The lowest BCUT2D eigenvalue weighted by Crippen LogP contribution is -2.33. The molecule has 0 spiro atoms. The van der Waals surface area contributed by atoms with Crippen molar-refractivity contribution in [1.82, 2.24) is 15.2 Å². The van der Waals surface area contributed by atoms with Gasteiger partial charge < -0.3 is 15.1 Å². The van der Waals surface area contributed by atoms with Gasteiger partial charge in [0.05, 0.1) is 0 Å². The topological polar surface area (TPSA) is 48.5 Å². The van der Waals surface area contributed by atoms with Gasteiger partial charge >= 0.3 is 0 Å². The van der Waals surface area contributed by atoms with Crippen LogP contribution in [0.4, 0.5) is 5.69 Å². The van der Waals surface area contributed by atoms with Crippen LogP contribution in [0.3, 0.4) is 0 Å². The molecule has 1 aromatic carbocycles. The van der Waals surface area contributed by atoms with Crippen LogP contribution in [-0.4, -0.2) is 49.0 Å². The summed E-state index contributed by atoms with van der Waals surface area (Å²) in [7, 11) is 3.96. The molecule has 1 N–H and O–H groups in total. The molecule has 1 aromatic heterocycles. The number of pyridine rings is 1. The van der Waals surface area contributed by atoms with Crippen molar-refractivity contribution >= 4 is 11.6 Å². The van der Waals surface area contributed by atoms with E-state index in [9.17, 15) is 4.79 Å². The van der Waals surface area contributed by atoms with Gasteiger partial charge in [-0.15, -0.1) is 0 Å². The first-order valence-corrected chi connectivity index (χ1v) is 8.67. The van der Waals surface area contributed by atoms with Crippen LogP contribution >= 0.6 is 0 Å². The summed E-state index contributed by atoms with van der Waals surface area (Å²) >= 11 is 0. The molecule has 0 aliphatic rings. The zero-order chi connectivity index (χ0) is 18.2. The number of anilines is 1. The first kappa shape index (κ1) is 18.9. The number of nitrogens with one attached hydrogen (secondary N) is 1. The Morgan fingerprint density at radius 2 is 1.88 bits per heavy atom. The van der Waals surface area contributed by atoms with E-state index >= 15 is 0 Å². The summed E-state index contributed by atoms with van der Waals surface area (Å²) < 4.78 is 0. The molecule has 0 atom stereocenters. The fourth-order valence-corrected chi connectivity index (χ4v) is 2.56. The minimum absolute atomic E-state index is 0.132. The molecule has 5 nitrogen and oxygen atoms in total. The SMILES string of the molecule is CC(C)N(Cc1ccccc1)c1ccnc(C(=O)NCCN(C)C)c1. The van der Waals surface area contributed by atoms with Crippen LogP contribution in [0, 0.1) is 0 Å². The van der Waals surface area contributed by atoms with Crippen LogP contribution in [0.15, 0.2) is 48.7 Å². The molecule has 0 aliphatic carbocycles. The molecule has 0 bridgehead atoms. The van der Waals surface area contributed by atoms with Crippen molar-refractivity contribution in [2.45, 2.75) is 26.4 Å². The molecule has 2 aromatic rings. The van der Waals surface area contributed by atoms with E-state index < -0.39 is 0 Å². The van der Waals surface area contributed by atoms with Crippen molar-refractivity contribution in [2.24, 2.45) is 0 Å². The highest BCUT2D eigenvalue weighted by molar-refractivity contribution is 5.93. The Balaban J connectivity index is 2.12. The van der Waals surface area contributed by atoms with Crippen molar-refractivity contribution in [3.8, 4) is 0 Å². The van der Waals surface area contributed by atoms with E-state index in [1.807, 2.05) is 49.3 Å². The van der Waals surface area contributed by atoms with Gasteiger partial charge in [-0.3, -0.25) is 9.78 Å². The molecule has 25 heavy (non-hydrogen) atoms. The monoisotopic (exact) mass is 340 g/mol. The van der Waals surface area contributed by atoms with E-state index in [0.29, 0.717) is 18.3 Å². The van der Waals surface area contributed by atoms with Gasteiger partial charge in [0, 0.05) is 37.6 Å². The number of hydrogen-bond donors (Lipinski definition) is 1. The van der Waals surface area contributed by atoms with Gasteiger partial charge in [-0.2, -0.15) is 0 Å². The van der Waals surface area contributed by atoms with E-state index in [-0.39, 0.29) is 5.91 Å². The Hall–Kier alpha value is -2.40. The zero-order valence-corrected chi connectivity index (χ0v) is 15.6. The fourth-order valence-electron chi connectivity index (χ4n) is 2.56. The van der Waals surface area contributed by atoms with Crippen molar-refractivity contribution in [2.75, 3.05) is 32.1 Å². The smallest absolute Gasteiger partial charge is 0.269 e. The lowest BCUT2D eigenvalue weighted by Gasteiger charge is -2.29. The van der Waals surface area contributed by atoms with Gasteiger partial charge in [-0.25, -0.2) is 0 Å². The quantitative estimate of drug-likeness (QED) is 0.803. The first-order chi connectivity index (χ1) is 12.0. The van der Waals surface area contributed by atoms with Gasteiger partial charge in [-0.1, -0.05) is 30.3 Å². The fraction of sp³-hybridized carbons (Fsp3) is 0.400. The standard InChI is InChI=1S/C20H28N4O/c1-16(2)24(15-17-8-6-5-7-9-17)18-10-11-21-19(14-18)20(25)22-12-13-23(3)4/h5-11,14,16H,12-13,15H2,1-4H3,(H,22,25). The number of benzene rings is 1. The maximum atomic E-state index is 12.3. The highest BCUT2D eigenvalue weighted by Crippen LogP contribution is 2.20. The van der Waals surface area contributed by atoms with Crippen LogP contribution in [0.2, 0.25) is 0 Å². The molecule has 1 amide bonds. The van der Waals surface area contributed by atoms with Gasteiger partial charge in [0.2, 0.25) is 0 Å². The normalized spacial score (nSPS) is 11.0. The summed E-state index contributed by atoms with van der Waals surface area (Å²) in [6.07, 6.45) is 1.70. The second-order valence-electron chi connectivity index (χ2n) is 6.67. The predicted octanol–water partition coefficient (Wildman–Crippen LogP) is 2.79. The predicted molar refractivity (Wildman–Crippen MR) is 103 cm³/mol. The molecule has 0 fully saturated rings. The average molecular weight is 340 g/mol. The molecular formula is C20H28N4O. The molecule has 2 rings (SSSR count). The van der Waals surface area contributed by atoms with Crippen LogP contribution in [0.1, 0.15) is 29.9 Å². The molecule has 0 radical (unpaired) electrons. The molecule has 0 unspecified atom stereocenters. The number of likely N-dealkylation sites (N-methyl/N-ethyl adjacent to an activating group) is 1. The summed E-state index contributed by atoms with van der Waals surface area (Å²) in [6, 6.07) is 14.5. The highest BCUT2D eigenvalue weighted by Gasteiger charge is 2.14. The minimum Gasteiger partial charge on any atom is -0.365 e. The third kappa shape index (κ3) is 5.87. The lowest BCUT2D eigenvalue weighted by atomic mass is 10.1. The third-order valence-corrected chi connectivity index (χ3v) is 3.97. The highest BCUT2D eigenvalue weighted by atomic mass is 16.1. The Morgan fingerprint density at radius 1 is 1.16 bits per heavy atom. The summed E-state index contributed by atoms with van der Waals surface area (Å²) in [5.74, 6) is -0.132. The van der Waals surface area contributed by atoms with Crippen molar-refractivity contribution < 1.29 is 4.79 Å². The molecule has 0 saturated carbocycles. The summed E-state index contributed by atoms with van der Waals surface area (Å²) in [5.41, 5.74) is 2.70. The van der Waals surface area contributed by atoms with Crippen LogP contribution in [0.25, 0.3) is 0 Å².